The second-order valence-corrected chi connectivity index (χ2v) is 16.6. The van der Waals surface area contributed by atoms with Crippen LogP contribution in [0.25, 0.3) is 111 Å². The number of nitriles is 3. The van der Waals surface area contributed by atoms with E-state index in [-0.39, 0.29) is 0 Å². The van der Waals surface area contributed by atoms with Crippen molar-refractivity contribution in [1.82, 2.24) is 24.1 Å². The first-order valence-electron chi connectivity index (χ1n) is 22.1. The number of nitrogens with zero attached hydrogens (tertiary/aromatic N) is 8. The maximum Gasteiger partial charge on any atom is 0.166 e. The monoisotopic (exact) mass is 866 g/mol. The zero-order valence-corrected chi connectivity index (χ0v) is 36.2. The van der Waals surface area contributed by atoms with Crippen molar-refractivity contribution in [3.05, 3.63) is 223 Å². The Bertz CT molecular complexity index is 4070. The summed E-state index contributed by atoms with van der Waals surface area (Å²) in [4.78, 5) is 15.7. The number of aromatic nitrogens is 5. The van der Waals surface area contributed by atoms with E-state index in [1.165, 1.54) is 0 Å². The van der Waals surface area contributed by atoms with E-state index < -0.39 is 0 Å². The fourth-order valence-electron chi connectivity index (χ4n) is 9.52. The fraction of sp³-hybridized carbons (Fsp3) is 0. The first kappa shape index (κ1) is 39.6. The third kappa shape index (κ3) is 6.63. The highest BCUT2D eigenvalue weighted by Crippen LogP contribution is 2.42. The number of rotatable bonds is 7. The molecule has 0 aliphatic heterocycles. The lowest BCUT2D eigenvalue weighted by Gasteiger charge is -2.19. The molecule has 314 valence electrons. The Morgan fingerprint density at radius 3 is 1.28 bits per heavy atom. The molecule has 0 saturated heterocycles. The zero-order valence-electron chi connectivity index (χ0n) is 36.2. The smallest absolute Gasteiger partial charge is 0.166 e. The van der Waals surface area contributed by atoms with Gasteiger partial charge in [-0.2, -0.15) is 15.8 Å². The molecule has 12 rings (SSSR count). The van der Waals surface area contributed by atoms with E-state index in [1.54, 1.807) is 0 Å². The first-order chi connectivity index (χ1) is 33.6. The lowest BCUT2D eigenvalue weighted by atomic mass is 9.94. The molecule has 0 N–H and O–H groups in total. The molecule has 68 heavy (non-hydrogen) atoms. The predicted molar refractivity (Wildman–Crippen MR) is 270 cm³/mol. The average Bonchev–Trinajstić information content (AvgIpc) is 3.92. The largest absolute Gasteiger partial charge is 0.309 e. The molecular formula is C60H34N8. The minimum absolute atomic E-state index is 0.481. The molecule has 12 aromatic rings. The van der Waals surface area contributed by atoms with Gasteiger partial charge in [-0.25, -0.2) is 15.0 Å². The van der Waals surface area contributed by atoms with Gasteiger partial charge in [-0.05, 0) is 102 Å². The third-order valence-corrected chi connectivity index (χ3v) is 12.7. The van der Waals surface area contributed by atoms with Gasteiger partial charge in [0, 0.05) is 43.8 Å². The van der Waals surface area contributed by atoms with Crippen LogP contribution >= 0.6 is 0 Å². The summed E-state index contributed by atoms with van der Waals surface area (Å²) in [6.07, 6.45) is 0. The van der Waals surface area contributed by atoms with Crippen molar-refractivity contribution in [2.45, 2.75) is 0 Å². The fourth-order valence-corrected chi connectivity index (χ4v) is 9.52. The normalized spacial score (nSPS) is 11.2. The molecule has 8 heteroatoms. The molecule has 0 spiro atoms. The number of hydrogen-bond donors (Lipinski definition) is 0. The van der Waals surface area contributed by atoms with Crippen LogP contribution in [0, 0.1) is 34.0 Å². The SMILES string of the molecule is N#Cc1cccc(-c2ccc(-n3c4ccccc4c4cc(C#N)ccc43)c(-c3ccc(-n4c5ccccc5c5cc(C#N)ccc54)c(-c4nc(-c5ccccc5)nc(-c5ccccc5)n4)c3)c2)c1. The Morgan fingerprint density at radius 1 is 0.294 bits per heavy atom. The van der Waals surface area contributed by atoms with E-state index in [0.717, 1.165) is 93.9 Å². The van der Waals surface area contributed by atoms with Gasteiger partial charge in [-0.3, -0.25) is 0 Å². The Morgan fingerprint density at radius 2 is 0.721 bits per heavy atom. The van der Waals surface area contributed by atoms with Crippen molar-refractivity contribution in [3.63, 3.8) is 0 Å². The molecule has 0 atom stereocenters. The van der Waals surface area contributed by atoms with Crippen LogP contribution < -0.4 is 0 Å². The van der Waals surface area contributed by atoms with Crippen LogP contribution in [0.2, 0.25) is 0 Å². The summed E-state index contributed by atoms with van der Waals surface area (Å²) in [5.74, 6) is 1.55. The van der Waals surface area contributed by atoms with Gasteiger partial charge in [-0.1, -0.05) is 121 Å². The molecule has 0 fully saturated rings. The molecular weight excluding hydrogens is 833 g/mol. The lowest BCUT2D eigenvalue weighted by Crippen LogP contribution is -2.04. The average molecular weight is 867 g/mol. The summed E-state index contributed by atoms with van der Waals surface area (Å²) < 4.78 is 4.51. The van der Waals surface area contributed by atoms with Crippen LogP contribution in [0.4, 0.5) is 0 Å². The van der Waals surface area contributed by atoms with Crippen LogP contribution in [0.3, 0.4) is 0 Å². The topological polar surface area (TPSA) is 120 Å². The van der Waals surface area contributed by atoms with Gasteiger partial charge in [-0.15, -0.1) is 0 Å². The van der Waals surface area contributed by atoms with E-state index in [1.807, 2.05) is 146 Å². The summed E-state index contributed by atoms with van der Waals surface area (Å²) >= 11 is 0. The van der Waals surface area contributed by atoms with Crippen LogP contribution in [-0.2, 0) is 0 Å². The van der Waals surface area contributed by atoms with Crippen molar-refractivity contribution in [3.8, 4) is 86.0 Å². The number of para-hydroxylation sites is 2. The summed E-state index contributed by atoms with van der Waals surface area (Å²) in [5.41, 5.74) is 13.5. The van der Waals surface area contributed by atoms with Crippen LogP contribution in [0.1, 0.15) is 16.7 Å². The van der Waals surface area contributed by atoms with Gasteiger partial charge in [0.25, 0.3) is 0 Å². The van der Waals surface area contributed by atoms with E-state index in [4.69, 9.17) is 15.0 Å². The van der Waals surface area contributed by atoms with Crippen molar-refractivity contribution in [1.29, 1.82) is 15.8 Å². The molecule has 8 nitrogen and oxygen atoms in total. The van der Waals surface area contributed by atoms with Crippen LogP contribution in [0.5, 0.6) is 0 Å². The summed E-state index contributed by atoms with van der Waals surface area (Å²) in [6, 6.07) is 75.7. The minimum atomic E-state index is 0.481. The first-order valence-corrected chi connectivity index (χ1v) is 22.1. The van der Waals surface area contributed by atoms with Gasteiger partial charge in [0.2, 0.25) is 0 Å². The highest BCUT2D eigenvalue weighted by atomic mass is 15.1. The highest BCUT2D eigenvalue weighted by molar-refractivity contribution is 6.11. The molecule has 0 unspecified atom stereocenters. The highest BCUT2D eigenvalue weighted by Gasteiger charge is 2.23. The minimum Gasteiger partial charge on any atom is -0.309 e. The lowest BCUT2D eigenvalue weighted by molar-refractivity contribution is 1.06. The van der Waals surface area contributed by atoms with Crippen molar-refractivity contribution in [2.24, 2.45) is 0 Å². The molecule has 0 radical (unpaired) electrons. The van der Waals surface area contributed by atoms with E-state index in [0.29, 0.717) is 34.2 Å². The zero-order chi connectivity index (χ0) is 45.7. The van der Waals surface area contributed by atoms with Gasteiger partial charge in [0.05, 0.1) is 68.3 Å². The van der Waals surface area contributed by atoms with Crippen LogP contribution in [-0.4, -0.2) is 24.1 Å². The number of fused-ring (bicyclic) bond motifs is 6. The second-order valence-electron chi connectivity index (χ2n) is 16.6. The Hall–Kier alpha value is -9.94. The van der Waals surface area contributed by atoms with Crippen LogP contribution in [0.15, 0.2) is 206 Å². The Labute approximate surface area is 390 Å². The Balaban J connectivity index is 1.19. The summed E-state index contributed by atoms with van der Waals surface area (Å²) in [5, 5.41) is 33.9. The molecule has 0 bridgehead atoms. The standard InChI is InChI=1S/C60H34N8/c61-35-38-12-11-17-43(30-38)44-24-28-54(67-52-20-9-7-18-46(52)49-31-39(36-62)22-26-55(49)67)48(33-44)45-25-29-57(68-53-21-10-8-19-47(53)50-32-40(37-63)23-27-56(50)68)51(34-45)60-65-58(41-13-3-1-4-14-41)64-59(66-60)42-15-5-2-6-16-42/h1-34H. The molecule has 9 aromatic carbocycles. The van der Waals surface area contributed by atoms with Crippen molar-refractivity contribution >= 4 is 43.6 Å². The molecule has 0 aliphatic rings. The van der Waals surface area contributed by atoms with Gasteiger partial charge < -0.3 is 9.13 Å². The molecule has 0 amide bonds. The van der Waals surface area contributed by atoms with Gasteiger partial charge in [0.1, 0.15) is 0 Å². The number of benzene rings is 9. The van der Waals surface area contributed by atoms with Crippen molar-refractivity contribution in [2.75, 3.05) is 0 Å². The van der Waals surface area contributed by atoms with E-state index >= 15 is 0 Å². The maximum atomic E-state index is 10.0. The molecule has 3 heterocycles. The quantitative estimate of drug-likeness (QED) is 0.157. The molecule has 3 aromatic heterocycles. The number of hydrogen-bond acceptors (Lipinski definition) is 6. The summed E-state index contributed by atoms with van der Waals surface area (Å²) in [6.45, 7) is 0. The van der Waals surface area contributed by atoms with E-state index in [2.05, 4.69) is 88.0 Å². The maximum absolute atomic E-state index is 10.0. The van der Waals surface area contributed by atoms with Gasteiger partial charge >= 0.3 is 0 Å². The van der Waals surface area contributed by atoms with Crippen molar-refractivity contribution < 1.29 is 0 Å². The van der Waals surface area contributed by atoms with E-state index in [9.17, 15) is 15.8 Å². The molecule has 0 saturated carbocycles. The molecule has 0 aliphatic carbocycles. The Kier molecular flexibility index (Phi) is 9.47. The second kappa shape index (κ2) is 16.2. The summed E-state index contributed by atoms with van der Waals surface area (Å²) in [7, 11) is 0. The predicted octanol–water partition coefficient (Wildman–Crippen LogP) is 14.0. The third-order valence-electron chi connectivity index (χ3n) is 12.7. The van der Waals surface area contributed by atoms with Gasteiger partial charge in [0.15, 0.2) is 17.5 Å².